The number of hydrogen-bond donors (Lipinski definition) is 0. The maximum Gasteiger partial charge on any atom is 0.330 e. The molecule has 0 aliphatic carbocycles. The summed E-state index contributed by atoms with van der Waals surface area (Å²) in [6.07, 6.45) is 0. The van der Waals surface area contributed by atoms with E-state index in [1.54, 1.807) is 35.2 Å². The monoisotopic (exact) mass is 406 g/mol. The van der Waals surface area contributed by atoms with Gasteiger partial charge >= 0.3 is 6.03 Å². The predicted octanol–water partition coefficient (Wildman–Crippen LogP) is 5.70. The van der Waals surface area contributed by atoms with Crippen molar-refractivity contribution in [3.05, 3.63) is 95.1 Å². The lowest BCUT2D eigenvalue weighted by atomic mass is 9.87. The fourth-order valence-corrected chi connectivity index (χ4v) is 4.33. The van der Waals surface area contributed by atoms with Gasteiger partial charge in [0.2, 0.25) is 0 Å². The van der Waals surface area contributed by atoms with Crippen molar-refractivity contribution in [1.82, 2.24) is 0 Å². The molecule has 5 nitrogen and oxygen atoms in total. The first-order valence-electron chi connectivity index (χ1n) is 10.1. The van der Waals surface area contributed by atoms with Crippen molar-refractivity contribution in [2.75, 3.05) is 9.80 Å². The number of urea groups is 1. The first-order valence-corrected chi connectivity index (χ1v) is 10.1. The number of anilines is 2. The topological polar surface area (TPSA) is 71.1 Å². The molecule has 31 heavy (non-hydrogen) atoms. The van der Waals surface area contributed by atoms with Crippen LogP contribution in [0.2, 0.25) is 0 Å². The lowest BCUT2D eigenvalue weighted by molar-refractivity contribution is 0.254. The third kappa shape index (κ3) is 3.41. The molecule has 0 bridgehead atoms. The minimum Gasteiger partial charge on any atom is -0.286 e. The number of carbonyl (C=O) groups is 1. The predicted molar refractivity (Wildman–Crippen MR) is 121 cm³/mol. The average Bonchev–Trinajstić information content (AvgIpc) is 2.99. The molecule has 2 amide bonds. The van der Waals surface area contributed by atoms with E-state index in [0.29, 0.717) is 16.8 Å². The molecule has 152 valence electrons. The van der Waals surface area contributed by atoms with E-state index in [0.717, 1.165) is 16.8 Å². The summed E-state index contributed by atoms with van der Waals surface area (Å²) in [4.78, 5) is 17.4. The Hall–Kier alpha value is -4.09. The highest BCUT2D eigenvalue weighted by Gasteiger charge is 2.53. The van der Waals surface area contributed by atoms with Crippen LogP contribution < -0.4 is 9.80 Å². The van der Waals surface area contributed by atoms with Crippen LogP contribution in [-0.2, 0) is 0 Å². The van der Waals surface area contributed by atoms with Crippen LogP contribution in [0.15, 0.2) is 72.8 Å². The van der Waals surface area contributed by atoms with Crippen molar-refractivity contribution in [2.24, 2.45) is 0 Å². The van der Waals surface area contributed by atoms with E-state index in [1.807, 2.05) is 68.1 Å². The minimum atomic E-state index is -0.603. The van der Waals surface area contributed by atoms with Crippen molar-refractivity contribution < 1.29 is 4.79 Å². The summed E-state index contributed by atoms with van der Waals surface area (Å²) in [5.41, 5.74) is 4.01. The average molecular weight is 406 g/mol. The minimum absolute atomic E-state index is 0.147. The Labute approximate surface area is 182 Å². The molecule has 4 rings (SSSR count). The van der Waals surface area contributed by atoms with E-state index >= 15 is 0 Å². The fourth-order valence-electron chi connectivity index (χ4n) is 4.33. The number of rotatable bonds is 3. The van der Waals surface area contributed by atoms with E-state index < -0.39 is 5.54 Å². The largest absolute Gasteiger partial charge is 0.330 e. The number of nitriles is 2. The molecule has 1 aliphatic rings. The second kappa shape index (κ2) is 7.63. The molecular weight excluding hydrogens is 384 g/mol. The molecule has 0 radical (unpaired) electrons. The summed E-state index contributed by atoms with van der Waals surface area (Å²) in [5, 5.41) is 18.6. The Bertz CT molecular complexity index is 1210. The van der Waals surface area contributed by atoms with Gasteiger partial charge in [-0.25, -0.2) is 4.79 Å². The van der Waals surface area contributed by atoms with E-state index in [9.17, 15) is 10.1 Å². The summed E-state index contributed by atoms with van der Waals surface area (Å²) in [6, 6.07) is 26.2. The smallest absolute Gasteiger partial charge is 0.286 e. The Morgan fingerprint density at radius 2 is 1.45 bits per heavy atom. The Balaban J connectivity index is 1.90. The van der Waals surface area contributed by atoms with Crippen molar-refractivity contribution >= 4 is 17.4 Å². The first-order chi connectivity index (χ1) is 14.9. The van der Waals surface area contributed by atoms with Gasteiger partial charge in [-0.1, -0.05) is 29.8 Å². The molecule has 1 aliphatic heterocycles. The normalized spacial score (nSPS) is 17.3. The van der Waals surface area contributed by atoms with Gasteiger partial charge in [0.25, 0.3) is 0 Å². The zero-order valence-corrected chi connectivity index (χ0v) is 17.7. The van der Waals surface area contributed by atoms with E-state index in [-0.39, 0.29) is 12.1 Å². The summed E-state index contributed by atoms with van der Waals surface area (Å²) in [7, 11) is 0. The molecule has 0 N–H and O–H groups in total. The molecule has 0 saturated carbocycles. The van der Waals surface area contributed by atoms with Crippen LogP contribution in [0.4, 0.5) is 16.2 Å². The Morgan fingerprint density at radius 3 is 2.06 bits per heavy atom. The Morgan fingerprint density at radius 1 is 0.839 bits per heavy atom. The SMILES string of the molecule is Cc1ccc(N2C(=O)N(c3ccc(C#N)cc3)[C@@H](c3cccc(C#N)c3)C2(C)C)cc1. The molecule has 1 heterocycles. The van der Waals surface area contributed by atoms with Crippen molar-refractivity contribution in [3.8, 4) is 12.1 Å². The van der Waals surface area contributed by atoms with Crippen LogP contribution in [0.5, 0.6) is 0 Å². The number of hydrogen-bond acceptors (Lipinski definition) is 3. The molecule has 1 atom stereocenters. The summed E-state index contributed by atoms with van der Waals surface area (Å²) >= 11 is 0. The lowest BCUT2D eigenvalue weighted by Gasteiger charge is -2.35. The standard InChI is InChI=1S/C26H22N4O/c1-18-7-11-23(12-8-18)30-25(31)29(22-13-9-19(16-27)10-14-22)24(26(30,2)3)21-6-4-5-20(15-21)17-28/h4-15,24H,1-3H3/t24-/m0/s1. The van der Waals surface area contributed by atoms with Gasteiger partial charge in [-0.05, 0) is 74.9 Å². The molecule has 5 heteroatoms. The van der Waals surface area contributed by atoms with Crippen LogP contribution in [0.1, 0.15) is 42.1 Å². The quantitative estimate of drug-likeness (QED) is 0.560. The number of nitrogens with zero attached hydrogens (tertiary/aromatic N) is 4. The lowest BCUT2D eigenvalue weighted by Crippen LogP contribution is -2.43. The zero-order chi connectivity index (χ0) is 22.2. The van der Waals surface area contributed by atoms with Gasteiger partial charge in [0.05, 0.1) is 34.8 Å². The third-order valence-electron chi connectivity index (χ3n) is 5.80. The van der Waals surface area contributed by atoms with Gasteiger partial charge < -0.3 is 0 Å². The maximum atomic E-state index is 13.8. The van der Waals surface area contributed by atoms with Crippen LogP contribution in [0.25, 0.3) is 0 Å². The van der Waals surface area contributed by atoms with Crippen molar-refractivity contribution in [1.29, 1.82) is 10.5 Å². The number of carbonyl (C=O) groups excluding carboxylic acids is 1. The summed E-state index contributed by atoms with van der Waals surface area (Å²) in [5.74, 6) is 0. The second-order valence-corrected chi connectivity index (χ2v) is 8.28. The van der Waals surface area contributed by atoms with Gasteiger partial charge in [-0.2, -0.15) is 10.5 Å². The van der Waals surface area contributed by atoms with Gasteiger partial charge in [-0.15, -0.1) is 0 Å². The highest BCUT2D eigenvalue weighted by Crippen LogP contribution is 2.47. The van der Waals surface area contributed by atoms with Crippen LogP contribution in [-0.4, -0.2) is 11.6 Å². The molecule has 0 unspecified atom stereocenters. The molecule has 3 aromatic rings. The van der Waals surface area contributed by atoms with E-state index in [2.05, 4.69) is 12.1 Å². The van der Waals surface area contributed by atoms with Gasteiger partial charge in [0, 0.05) is 11.4 Å². The molecule has 1 saturated heterocycles. The zero-order valence-electron chi connectivity index (χ0n) is 17.7. The van der Waals surface area contributed by atoms with Crippen LogP contribution >= 0.6 is 0 Å². The van der Waals surface area contributed by atoms with Crippen LogP contribution in [0, 0.1) is 29.6 Å². The molecule has 3 aromatic carbocycles. The van der Waals surface area contributed by atoms with Gasteiger partial charge in [0.1, 0.15) is 0 Å². The fraction of sp³-hybridized carbons (Fsp3) is 0.192. The van der Waals surface area contributed by atoms with Crippen LogP contribution in [0.3, 0.4) is 0 Å². The molecular formula is C26H22N4O. The highest BCUT2D eigenvalue weighted by atomic mass is 16.2. The summed E-state index contributed by atoms with van der Waals surface area (Å²) in [6.45, 7) is 6.09. The first kappa shape index (κ1) is 20.2. The number of benzene rings is 3. The van der Waals surface area contributed by atoms with Gasteiger partial charge in [0.15, 0.2) is 0 Å². The second-order valence-electron chi connectivity index (χ2n) is 8.28. The molecule has 0 spiro atoms. The van der Waals surface area contributed by atoms with Crippen molar-refractivity contribution in [3.63, 3.8) is 0 Å². The Kier molecular flexibility index (Phi) is 4.97. The van der Waals surface area contributed by atoms with Crippen molar-refractivity contribution in [2.45, 2.75) is 32.4 Å². The third-order valence-corrected chi connectivity index (χ3v) is 5.80. The summed E-state index contributed by atoms with van der Waals surface area (Å²) < 4.78 is 0. The number of aryl methyl sites for hydroxylation is 1. The van der Waals surface area contributed by atoms with Gasteiger partial charge in [-0.3, -0.25) is 9.80 Å². The highest BCUT2D eigenvalue weighted by molar-refractivity contribution is 6.08. The van der Waals surface area contributed by atoms with E-state index in [1.165, 1.54) is 0 Å². The maximum absolute atomic E-state index is 13.8. The molecule has 0 aromatic heterocycles. The molecule has 1 fully saturated rings. The van der Waals surface area contributed by atoms with E-state index in [4.69, 9.17) is 5.26 Å². The number of amides is 2.